The van der Waals surface area contributed by atoms with Crippen LogP contribution in [0, 0.1) is 6.92 Å². The summed E-state index contributed by atoms with van der Waals surface area (Å²) in [6.45, 7) is 2.70. The highest BCUT2D eigenvalue weighted by molar-refractivity contribution is 6.17. The highest BCUT2D eigenvalue weighted by Gasteiger charge is 2.17. The summed E-state index contributed by atoms with van der Waals surface area (Å²) in [6.07, 6.45) is 2.55. The maximum atomic E-state index is 5.90. The SMILES string of the molecule is Cc1nn(C)c2c1nc(CCCl)n2Cc1ccnn1C. The van der Waals surface area contributed by atoms with Gasteiger partial charge in [0.15, 0.2) is 5.65 Å². The third-order valence-electron chi connectivity index (χ3n) is 3.53. The quantitative estimate of drug-likeness (QED) is 0.687. The minimum absolute atomic E-state index is 0.557. The number of hydrogen-bond acceptors (Lipinski definition) is 3. The van der Waals surface area contributed by atoms with Gasteiger partial charge in [0, 0.05) is 32.6 Å². The van der Waals surface area contributed by atoms with Gasteiger partial charge in [-0.2, -0.15) is 10.2 Å². The van der Waals surface area contributed by atoms with Crippen molar-refractivity contribution in [1.29, 1.82) is 0 Å². The molecule has 20 heavy (non-hydrogen) atoms. The fraction of sp³-hybridized carbons (Fsp3) is 0.462. The number of fused-ring (bicyclic) bond motifs is 1. The summed E-state index contributed by atoms with van der Waals surface area (Å²) in [5.41, 5.74) is 4.06. The van der Waals surface area contributed by atoms with Crippen LogP contribution >= 0.6 is 11.6 Å². The lowest BCUT2D eigenvalue weighted by atomic mass is 10.4. The van der Waals surface area contributed by atoms with E-state index in [9.17, 15) is 0 Å². The van der Waals surface area contributed by atoms with Gasteiger partial charge in [-0.05, 0) is 13.0 Å². The molecule has 3 aromatic heterocycles. The zero-order valence-corrected chi connectivity index (χ0v) is 12.6. The normalized spacial score (nSPS) is 11.6. The zero-order valence-electron chi connectivity index (χ0n) is 11.8. The molecule has 0 saturated heterocycles. The number of nitrogens with zero attached hydrogens (tertiary/aromatic N) is 6. The molecule has 0 aliphatic carbocycles. The second kappa shape index (κ2) is 4.94. The summed E-state index contributed by atoms with van der Waals surface area (Å²) in [5, 5.41) is 8.66. The maximum Gasteiger partial charge on any atom is 0.159 e. The summed E-state index contributed by atoms with van der Waals surface area (Å²) in [5.74, 6) is 1.55. The minimum Gasteiger partial charge on any atom is -0.307 e. The number of aromatic nitrogens is 6. The fourth-order valence-corrected chi connectivity index (χ4v) is 2.71. The molecule has 0 atom stereocenters. The lowest BCUT2D eigenvalue weighted by Crippen LogP contribution is -2.11. The molecule has 7 heteroatoms. The van der Waals surface area contributed by atoms with Gasteiger partial charge >= 0.3 is 0 Å². The Morgan fingerprint density at radius 1 is 1.25 bits per heavy atom. The van der Waals surface area contributed by atoms with Crippen molar-refractivity contribution in [2.75, 3.05) is 5.88 Å². The molecule has 3 aromatic rings. The van der Waals surface area contributed by atoms with Crippen LogP contribution in [0.15, 0.2) is 12.3 Å². The first kappa shape index (κ1) is 13.2. The molecule has 0 fully saturated rings. The molecule has 0 unspecified atom stereocenters. The zero-order chi connectivity index (χ0) is 14.3. The standard InChI is InChI=1S/C13H17ClN6/c1-9-12-13(19(3)17-9)20(11(16-12)4-6-14)8-10-5-7-15-18(10)2/h5,7H,4,6,8H2,1-3H3. The number of alkyl halides is 1. The monoisotopic (exact) mass is 292 g/mol. The van der Waals surface area contributed by atoms with Crippen LogP contribution in [0.2, 0.25) is 0 Å². The summed E-state index contributed by atoms with van der Waals surface area (Å²) in [7, 11) is 3.89. The lowest BCUT2D eigenvalue weighted by molar-refractivity contribution is 0.638. The van der Waals surface area contributed by atoms with Crippen LogP contribution in [0.4, 0.5) is 0 Å². The van der Waals surface area contributed by atoms with E-state index in [0.29, 0.717) is 5.88 Å². The molecule has 0 aliphatic heterocycles. The third-order valence-corrected chi connectivity index (χ3v) is 3.72. The van der Waals surface area contributed by atoms with Gasteiger partial charge < -0.3 is 4.57 Å². The molecule has 0 bridgehead atoms. The van der Waals surface area contributed by atoms with E-state index in [1.807, 2.05) is 36.4 Å². The van der Waals surface area contributed by atoms with E-state index in [4.69, 9.17) is 16.6 Å². The van der Waals surface area contributed by atoms with E-state index in [-0.39, 0.29) is 0 Å². The predicted octanol–water partition coefficient (Wildman–Crippen LogP) is 1.64. The Bertz CT molecular complexity index is 750. The van der Waals surface area contributed by atoms with Gasteiger partial charge in [-0.25, -0.2) is 4.98 Å². The molecule has 0 aromatic carbocycles. The van der Waals surface area contributed by atoms with Crippen LogP contribution in [-0.4, -0.2) is 35.0 Å². The number of aryl methyl sites for hydroxylation is 4. The maximum absolute atomic E-state index is 5.90. The van der Waals surface area contributed by atoms with E-state index >= 15 is 0 Å². The minimum atomic E-state index is 0.557. The first-order chi connectivity index (χ1) is 9.61. The van der Waals surface area contributed by atoms with Crippen LogP contribution in [0.5, 0.6) is 0 Å². The van der Waals surface area contributed by atoms with Crippen LogP contribution in [0.1, 0.15) is 17.2 Å². The molecule has 0 N–H and O–H groups in total. The molecule has 3 rings (SSSR count). The Hall–Kier alpha value is -1.82. The van der Waals surface area contributed by atoms with Gasteiger partial charge in [0.1, 0.15) is 11.3 Å². The van der Waals surface area contributed by atoms with Crippen molar-refractivity contribution in [3.05, 3.63) is 29.5 Å². The fourth-order valence-electron chi connectivity index (χ4n) is 2.54. The molecule has 3 heterocycles. The Morgan fingerprint density at radius 2 is 2.05 bits per heavy atom. The highest BCUT2D eigenvalue weighted by Crippen LogP contribution is 2.20. The van der Waals surface area contributed by atoms with Gasteiger partial charge in [0.25, 0.3) is 0 Å². The van der Waals surface area contributed by atoms with Crippen molar-refractivity contribution >= 4 is 22.8 Å². The van der Waals surface area contributed by atoms with Gasteiger partial charge in [-0.1, -0.05) is 0 Å². The van der Waals surface area contributed by atoms with Crippen LogP contribution in [-0.2, 0) is 27.1 Å². The van der Waals surface area contributed by atoms with E-state index in [0.717, 1.165) is 41.3 Å². The molecule has 0 saturated carbocycles. The first-order valence-electron chi connectivity index (χ1n) is 6.53. The van der Waals surface area contributed by atoms with Gasteiger partial charge in [0.05, 0.1) is 17.9 Å². The molecule has 106 valence electrons. The molecule has 0 aliphatic rings. The van der Waals surface area contributed by atoms with E-state index < -0.39 is 0 Å². The van der Waals surface area contributed by atoms with Gasteiger partial charge in [-0.3, -0.25) is 9.36 Å². The smallest absolute Gasteiger partial charge is 0.159 e. The Balaban J connectivity index is 2.15. The van der Waals surface area contributed by atoms with Crippen molar-refractivity contribution in [1.82, 2.24) is 29.1 Å². The first-order valence-corrected chi connectivity index (χ1v) is 7.07. The van der Waals surface area contributed by atoms with Crippen molar-refractivity contribution < 1.29 is 0 Å². The highest BCUT2D eigenvalue weighted by atomic mass is 35.5. The van der Waals surface area contributed by atoms with E-state index in [1.54, 1.807) is 6.20 Å². The predicted molar refractivity (Wildman–Crippen MR) is 78.0 cm³/mol. The van der Waals surface area contributed by atoms with Gasteiger partial charge in [-0.15, -0.1) is 11.6 Å². The Kier molecular flexibility index (Phi) is 3.25. The molecule has 0 radical (unpaired) electrons. The second-order valence-electron chi connectivity index (χ2n) is 4.88. The van der Waals surface area contributed by atoms with Crippen molar-refractivity contribution in [2.45, 2.75) is 19.9 Å². The van der Waals surface area contributed by atoms with Crippen molar-refractivity contribution in [3.63, 3.8) is 0 Å². The summed E-state index contributed by atoms with van der Waals surface area (Å²) in [4.78, 5) is 4.70. The second-order valence-corrected chi connectivity index (χ2v) is 5.26. The molecular formula is C13H17ClN6. The number of rotatable bonds is 4. The Morgan fingerprint density at radius 3 is 2.70 bits per heavy atom. The van der Waals surface area contributed by atoms with Gasteiger partial charge in [0.2, 0.25) is 0 Å². The summed E-state index contributed by atoms with van der Waals surface area (Å²) < 4.78 is 5.93. The number of imidazole rings is 1. The third kappa shape index (κ3) is 2.00. The van der Waals surface area contributed by atoms with Crippen LogP contribution < -0.4 is 0 Å². The molecule has 6 nitrogen and oxygen atoms in total. The molecular weight excluding hydrogens is 276 g/mol. The number of halogens is 1. The largest absolute Gasteiger partial charge is 0.307 e. The van der Waals surface area contributed by atoms with Crippen LogP contribution in [0.25, 0.3) is 11.2 Å². The van der Waals surface area contributed by atoms with E-state index in [1.165, 1.54) is 0 Å². The average molecular weight is 293 g/mol. The Labute approximate surface area is 122 Å². The average Bonchev–Trinajstić information content (AvgIpc) is 3.03. The molecule has 0 spiro atoms. The van der Waals surface area contributed by atoms with E-state index in [2.05, 4.69) is 14.8 Å². The topological polar surface area (TPSA) is 53.5 Å². The van der Waals surface area contributed by atoms with Crippen molar-refractivity contribution in [3.8, 4) is 0 Å². The van der Waals surface area contributed by atoms with Crippen LogP contribution in [0.3, 0.4) is 0 Å². The summed E-state index contributed by atoms with van der Waals surface area (Å²) >= 11 is 5.90. The van der Waals surface area contributed by atoms with Crippen molar-refractivity contribution in [2.24, 2.45) is 14.1 Å². The molecule has 0 amide bonds. The summed E-state index contributed by atoms with van der Waals surface area (Å²) in [6, 6.07) is 2.01. The number of hydrogen-bond donors (Lipinski definition) is 0. The lowest BCUT2D eigenvalue weighted by Gasteiger charge is -2.09.